The molecule has 38 heavy (non-hydrogen) atoms. The van der Waals surface area contributed by atoms with Crippen molar-refractivity contribution in [3.05, 3.63) is 108 Å². The van der Waals surface area contributed by atoms with E-state index >= 15 is 0 Å². The Morgan fingerprint density at radius 2 is 0.868 bits per heavy atom. The first-order chi connectivity index (χ1) is 18.1. The van der Waals surface area contributed by atoms with Gasteiger partial charge in [0.2, 0.25) is 0 Å². The molecular formula is C36H34N2. The van der Waals surface area contributed by atoms with E-state index in [-0.39, 0.29) is 10.8 Å². The molecule has 0 aliphatic heterocycles. The molecule has 2 nitrogen and oxygen atoms in total. The van der Waals surface area contributed by atoms with Gasteiger partial charge in [0.05, 0.1) is 22.4 Å². The Bertz CT molecular complexity index is 1650. The first-order valence-electron chi connectivity index (χ1n) is 13.4. The van der Waals surface area contributed by atoms with E-state index < -0.39 is 0 Å². The minimum Gasteiger partial charge on any atom is -0.248 e. The standard InChI is InChI=1S/C36H34N2/c1-35(2,3)29-22-30(36(4,5)6)28-21-26(34-18-16-24-12-8-10-14-32(24)38-34)19-25(20-27(28)29)33-17-15-23-11-7-9-13-31(23)37-33/h7-22H,1-6H3. The minimum atomic E-state index is 0.00551. The molecule has 2 aromatic heterocycles. The van der Waals surface area contributed by atoms with Crippen LogP contribution in [-0.2, 0) is 10.8 Å². The molecule has 0 N–H and O–H groups in total. The predicted molar refractivity (Wildman–Crippen MR) is 162 cm³/mol. The molecule has 0 amide bonds. The summed E-state index contributed by atoms with van der Waals surface area (Å²) in [4.78, 5) is 10.2. The summed E-state index contributed by atoms with van der Waals surface area (Å²) in [7, 11) is 0. The Labute approximate surface area is 225 Å². The number of rotatable bonds is 2. The van der Waals surface area contributed by atoms with Gasteiger partial charge in [-0.2, -0.15) is 0 Å². The van der Waals surface area contributed by atoms with Gasteiger partial charge < -0.3 is 0 Å². The van der Waals surface area contributed by atoms with Crippen molar-refractivity contribution in [3.8, 4) is 33.6 Å². The van der Waals surface area contributed by atoms with Crippen molar-refractivity contribution in [2.45, 2.75) is 52.4 Å². The Hall–Kier alpha value is -4.04. The number of pyridine rings is 2. The Kier molecular flexibility index (Phi) is 5.61. The quantitative estimate of drug-likeness (QED) is 0.239. The number of hydrogen-bond donors (Lipinski definition) is 0. The van der Waals surface area contributed by atoms with Crippen LogP contribution in [0.5, 0.6) is 0 Å². The van der Waals surface area contributed by atoms with Crippen molar-refractivity contribution in [1.82, 2.24) is 9.97 Å². The van der Waals surface area contributed by atoms with Crippen LogP contribution in [0, 0.1) is 0 Å². The van der Waals surface area contributed by atoms with E-state index in [1.165, 1.54) is 22.3 Å². The third kappa shape index (κ3) is 4.35. The van der Waals surface area contributed by atoms with Gasteiger partial charge in [0, 0.05) is 21.9 Å². The molecule has 2 aliphatic carbocycles. The lowest BCUT2D eigenvalue weighted by Crippen LogP contribution is -2.11. The lowest BCUT2D eigenvalue weighted by atomic mass is 9.85. The van der Waals surface area contributed by atoms with Gasteiger partial charge in [0.1, 0.15) is 0 Å². The van der Waals surface area contributed by atoms with Crippen LogP contribution < -0.4 is 0 Å². The molecule has 0 fully saturated rings. The highest BCUT2D eigenvalue weighted by molar-refractivity contribution is 5.88. The molecule has 0 unspecified atom stereocenters. The zero-order valence-electron chi connectivity index (χ0n) is 23.1. The van der Waals surface area contributed by atoms with Gasteiger partial charge in [-0.1, -0.05) is 96.1 Å². The maximum atomic E-state index is 5.09. The van der Waals surface area contributed by atoms with Crippen LogP contribution in [0.25, 0.3) is 55.4 Å². The van der Waals surface area contributed by atoms with Gasteiger partial charge in [-0.25, -0.2) is 9.97 Å². The summed E-state index contributed by atoms with van der Waals surface area (Å²) in [5.74, 6) is 0. The van der Waals surface area contributed by atoms with E-state index in [4.69, 9.17) is 9.97 Å². The van der Waals surface area contributed by atoms with Crippen LogP contribution in [0.4, 0.5) is 0 Å². The molecule has 2 heterocycles. The molecular weight excluding hydrogens is 460 g/mol. The molecule has 2 aromatic carbocycles. The van der Waals surface area contributed by atoms with Crippen LogP contribution in [0.3, 0.4) is 0 Å². The summed E-state index contributed by atoms with van der Waals surface area (Å²) < 4.78 is 0. The van der Waals surface area contributed by atoms with Crippen LogP contribution in [0.2, 0.25) is 0 Å². The zero-order valence-corrected chi connectivity index (χ0v) is 23.1. The number of benzene rings is 2. The second-order valence-corrected chi connectivity index (χ2v) is 12.4. The molecule has 0 radical (unpaired) electrons. The van der Waals surface area contributed by atoms with Crippen LogP contribution in [0.15, 0.2) is 97.1 Å². The summed E-state index contributed by atoms with van der Waals surface area (Å²) in [6, 6.07) is 34.7. The topological polar surface area (TPSA) is 25.8 Å². The van der Waals surface area contributed by atoms with Crippen LogP contribution in [0.1, 0.15) is 52.7 Å². The second kappa shape index (κ2) is 8.77. The summed E-state index contributed by atoms with van der Waals surface area (Å²) in [5.41, 5.74) is 11.5. The molecule has 0 saturated carbocycles. The molecule has 2 aliphatic rings. The minimum absolute atomic E-state index is 0.00551. The van der Waals surface area contributed by atoms with Crippen molar-refractivity contribution in [1.29, 1.82) is 0 Å². The fourth-order valence-electron chi connectivity index (χ4n) is 5.45. The number of fused-ring (bicyclic) bond motifs is 3. The van der Waals surface area contributed by atoms with Crippen LogP contribution >= 0.6 is 0 Å². The van der Waals surface area contributed by atoms with Crippen molar-refractivity contribution >= 4 is 21.8 Å². The van der Waals surface area contributed by atoms with Crippen LogP contribution in [-0.4, -0.2) is 9.97 Å². The van der Waals surface area contributed by atoms with Crippen molar-refractivity contribution in [2.75, 3.05) is 0 Å². The van der Waals surface area contributed by atoms with E-state index in [2.05, 4.69) is 139 Å². The van der Waals surface area contributed by atoms with E-state index in [0.717, 1.165) is 44.3 Å². The third-order valence-corrected chi connectivity index (χ3v) is 7.47. The molecule has 0 bridgehead atoms. The van der Waals surface area contributed by atoms with E-state index in [1.807, 2.05) is 0 Å². The summed E-state index contributed by atoms with van der Waals surface area (Å²) in [6.07, 6.45) is 0. The maximum Gasteiger partial charge on any atom is 0.0710 e. The van der Waals surface area contributed by atoms with Gasteiger partial charge in [-0.05, 0) is 75.5 Å². The summed E-state index contributed by atoms with van der Waals surface area (Å²) in [5, 5.41) is 2.30. The molecule has 4 aromatic rings. The van der Waals surface area contributed by atoms with Crippen molar-refractivity contribution in [2.24, 2.45) is 0 Å². The Balaban J connectivity index is 1.68. The fourth-order valence-corrected chi connectivity index (χ4v) is 5.45. The van der Waals surface area contributed by atoms with Gasteiger partial charge in [0.25, 0.3) is 0 Å². The molecule has 0 atom stereocenters. The van der Waals surface area contributed by atoms with E-state index in [9.17, 15) is 0 Å². The third-order valence-electron chi connectivity index (χ3n) is 7.47. The second-order valence-electron chi connectivity index (χ2n) is 12.4. The fraction of sp³-hybridized carbons (Fsp3) is 0.222. The number of para-hydroxylation sites is 2. The van der Waals surface area contributed by atoms with Gasteiger partial charge >= 0.3 is 0 Å². The zero-order chi connectivity index (χ0) is 26.7. The van der Waals surface area contributed by atoms with Crippen molar-refractivity contribution in [3.63, 3.8) is 0 Å². The highest BCUT2D eigenvalue weighted by Gasteiger charge is 2.29. The van der Waals surface area contributed by atoms with Gasteiger partial charge in [-0.3, -0.25) is 0 Å². The normalized spacial score (nSPS) is 12.5. The predicted octanol–water partition coefficient (Wildman–Crippen LogP) is 9.82. The molecule has 6 rings (SSSR count). The number of nitrogens with zero attached hydrogens (tertiary/aromatic N) is 2. The average Bonchev–Trinajstić information content (AvgIpc) is 3.15. The largest absolute Gasteiger partial charge is 0.248 e. The van der Waals surface area contributed by atoms with Crippen molar-refractivity contribution < 1.29 is 0 Å². The number of aromatic nitrogens is 2. The van der Waals surface area contributed by atoms with E-state index in [0.29, 0.717) is 0 Å². The average molecular weight is 495 g/mol. The molecule has 2 heteroatoms. The Morgan fingerprint density at radius 3 is 1.29 bits per heavy atom. The van der Waals surface area contributed by atoms with Gasteiger partial charge in [0.15, 0.2) is 0 Å². The summed E-state index contributed by atoms with van der Waals surface area (Å²) in [6.45, 7) is 13.8. The SMILES string of the molecule is CC(C)(C)c1cc(C(C)(C)C)c2cc(-c3ccc4ccccc4n3)cc(-c3ccc4ccccc4n3)cc1-2. The monoisotopic (exact) mass is 494 g/mol. The highest BCUT2D eigenvalue weighted by Crippen LogP contribution is 2.46. The van der Waals surface area contributed by atoms with Gasteiger partial charge in [-0.15, -0.1) is 0 Å². The Morgan fingerprint density at radius 1 is 0.447 bits per heavy atom. The summed E-state index contributed by atoms with van der Waals surface area (Å²) >= 11 is 0. The first-order valence-corrected chi connectivity index (χ1v) is 13.4. The van der Waals surface area contributed by atoms with E-state index in [1.54, 1.807) is 0 Å². The highest BCUT2D eigenvalue weighted by atomic mass is 14.7. The molecule has 0 saturated heterocycles. The molecule has 188 valence electrons. The molecule has 0 spiro atoms. The smallest absolute Gasteiger partial charge is 0.0710 e. The lowest BCUT2D eigenvalue weighted by molar-refractivity contribution is 0.581. The lowest BCUT2D eigenvalue weighted by Gasteiger charge is -2.19. The first kappa shape index (κ1) is 24.3. The number of hydrogen-bond acceptors (Lipinski definition) is 2. The maximum absolute atomic E-state index is 5.09.